The molecule has 1 fully saturated rings. The van der Waals surface area contributed by atoms with Gasteiger partial charge in [-0.25, -0.2) is 4.98 Å². The molecule has 3 nitrogen and oxygen atoms in total. The van der Waals surface area contributed by atoms with Crippen LogP contribution in [0.2, 0.25) is 0 Å². The van der Waals surface area contributed by atoms with Crippen molar-refractivity contribution in [2.45, 2.75) is 46.7 Å². The van der Waals surface area contributed by atoms with Crippen molar-refractivity contribution < 1.29 is 0 Å². The molecule has 3 heteroatoms. The van der Waals surface area contributed by atoms with Crippen LogP contribution >= 0.6 is 0 Å². The van der Waals surface area contributed by atoms with Gasteiger partial charge in [0.1, 0.15) is 5.82 Å². The van der Waals surface area contributed by atoms with Crippen LogP contribution in [0.25, 0.3) is 0 Å². The van der Waals surface area contributed by atoms with Crippen LogP contribution in [0.3, 0.4) is 0 Å². The SMILES string of the molecule is Cc1ccc(CN)c(N2CC(C)CC(C)C2C)n1. The maximum Gasteiger partial charge on any atom is 0.133 e. The van der Waals surface area contributed by atoms with Crippen LogP contribution < -0.4 is 10.6 Å². The second-order valence-corrected chi connectivity index (χ2v) is 5.85. The fraction of sp³-hybridized carbons (Fsp3) is 0.667. The van der Waals surface area contributed by atoms with Crippen LogP contribution in [0.15, 0.2) is 12.1 Å². The molecule has 0 amide bonds. The zero-order chi connectivity index (χ0) is 13.3. The third-order valence-corrected chi connectivity index (χ3v) is 4.18. The van der Waals surface area contributed by atoms with E-state index in [-0.39, 0.29) is 0 Å². The first-order chi connectivity index (χ1) is 8.52. The van der Waals surface area contributed by atoms with Crippen LogP contribution in [-0.2, 0) is 6.54 Å². The van der Waals surface area contributed by atoms with E-state index in [2.05, 4.69) is 31.7 Å². The summed E-state index contributed by atoms with van der Waals surface area (Å²) in [6, 6.07) is 4.71. The minimum absolute atomic E-state index is 0.542. The lowest BCUT2D eigenvalue weighted by atomic mass is 9.86. The van der Waals surface area contributed by atoms with Crippen LogP contribution in [0, 0.1) is 18.8 Å². The van der Waals surface area contributed by atoms with E-state index in [0.29, 0.717) is 18.5 Å². The average Bonchev–Trinajstić information content (AvgIpc) is 2.33. The van der Waals surface area contributed by atoms with E-state index in [1.54, 1.807) is 0 Å². The summed E-state index contributed by atoms with van der Waals surface area (Å²) in [6.07, 6.45) is 1.31. The van der Waals surface area contributed by atoms with E-state index in [9.17, 15) is 0 Å². The van der Waals surface area contributed by atoms with E-state index in [4.69, 9.17) is 10.7 Å². The van der Waals surface area contributed by atoms with Gasteiger partial charge in [0.2, 0.25) is 0 Å². The lowest BCUT2D eigenvalue weighted by molar-refractivity contribution is 0.295. The summed E-state index contributed by atoms with van der Waals surface area (Å²) in [5.41, 5.74) is 8.09. The normalized spacial score (nSPS) is 28.5. The van der Waals surface area contributed by atoms with Crippen molar-refractivity contribution in [2.75, 3.05) is 11.4 Å². The molecule has 1 saturated heterocycles. The lowest BCUT2D eigenvalue weighted by Gasteiger charge is -2.42. The van der Waals surface area contributed by atoms with Gasteiger partial charge in [0, 0.05) is 30.4 Å². The Labute approximate surface area is 110 Å². The van der Waals surface area contributed by atoms with Gasteiger partial charge in [-0.15, -0.1) is 0 Å². The number of pyridine rings is 1. The Hall–Kier alpha value is -1.09. The molecule has 0 saturated carbocycles. The molecule has 3 unspecified atom stereocenters. The van der Waals surface area contributed by atoms with Gasteiger partial charge >= 0.3 is 0 Å². The molecule has 0 aromatic carbocycles. The number of aryl methyl sites for hydroxylation is 1. The predicted octanol–water partition coefficient (Wildman–Crippen LogP) is 2.72. The van der Waals surface area contributed by atoms with Crippen molar-refractivity contribution in [2.24, 2.45) is 17.6 Å². The highest BCUT2D eigenvalue weighted by molar-refractivity contribution is 5.49. The van der Waals surface area contributed by atoms with E-state index in [1.807, 2.05) is 13.0 Å². The third-order valence-electron chi connectivity index (χ3n) is 4.18. The maximum atomic E-state index is 5.86. The molecule has 18 heavy (non-hydrogen) atoms. The van der Waals surface area contributed by atoms with Crippen molar-refractivity contribution in [3.05, 3.63) is 23.4 Å². The number of nitrogens with two attached hydrogens (primary N) is 1. The molecule has 2 heterocycles. The van der Waals surface area contributed by atoms with Crippen LogP contribution in [0.1, 0.15) is 38.4 Å². The van der Waals surface area contributed by atoms with Gasteiger partial charge in [0.15, 0.2) is 0 Å². The fourth-order valence-electron chi connectivity index (χ4n) is 2.97. The molecule has 0 aliphatic carbocycles. The number of nitrogens with zero attached hydrogens (tertiary/aromatic N) is 2. The number of aromatic nitrogens is 1. The smallest absolute Gasteiger partial charge is 0.133 e. The third kappa shape index (κ3) is 2.51. The van der Waals surface area contributed by atoms with Gasteiger partial charge in [-0.3, -0.25) is 0 Å². The Bertz CT molecular complexity index is 416. The van der Waals surface area contributed by atoms with Gasteiger partial charge < -0.3 is 10.6 Å². The van der Waals surface area contributed by atoms with Gasteiger partial charge in [0.25, 0.3) is 0 Å². The molecule has 1 aliphatic rings. The second-order valence-electron chi connectivity index (χ2n) is 5.85. The molecule has 0 spiro atoms. The highest BCUT2D eigenvalue weighted by Crippen LogP contribution is 2.32. The van der Waals surface area contributed by atoms with Crippen molar-refractivity contribution in [3.8, 4) is 0 Å². The highest BCUT2D eigenvalue weighted by atomic mass is 15.2. The zero-order valence-electron chi connectivity index (χ0n) is 12.0. The monoisotopic (exact) mass is 247 g/mol. The highest BCUT2D eigenvalue weighted by Gasteiger charge is 2.30. The minimum atomic E-state index is 0.542. The molecule has 2 N–H and O–H groups in total. The molecule has 2 rings (SSSR count). The topological polar surface area (TPSA) is 42.1 Å². The standard InChI is InChI=1S/C15H25N3/c1-10-7-11(2)13(4)18(9-10)15-14(8-16)6-5-12(3)17-15/h5-6,10-11,13H,7-9,16H2,1-4H3. The molecule has 0 bridgehead atoms. The molecule has 100 valence electrons. The summed E-state index contributed by atoms with van der Waals surface area (Å²) >= 11 is 0. The largest absolute Gasteiger partial charge is 0.353 e. The molecular formula is C15H25N3. The molecule has 1 aliphatic heterocycles. The summed E-state index contributed by atoms with van der Waals surface area (Å²) in [6.45, 7) is 10.7. The molecular weight excluding hydrogens is 222 g/mol. The Kier molecular flexibility index (Phi) is 3.91. The van der Waals surface area contributed by atoms with E-state index < -0.39 is 0 Å². The van der Waals surface area contributed by atoms with Crippen molar-refractivity contribution >= 4 is 5.82 Å². The summed E-state index contributed by atoms with van der Waals surface area (Å²) < 4.78 is 0. The van der Waals surface area contributed by atoms with Crippen molar-refractivity contribution in [1.82, 2.24) is 4.98 Å². The first-order valence-electron chi connectivity index (χ1n) is 6.96. The number of piperidine rings is 1. The van der Waals surface area contributed by atoms with Gasteiger partial charge in [-0.1, -0.05) is 19.9 Å². The zero-order valence-corrected chi connectivity index (χ0v) is 12.0. The summed E-state index contributed by atoms with van der Waals surface area (Å²) in [4.78, 5) is 7.19. The predicted molar refractivity (Wildman–Crippen MR) is 76.6 cm³/mol. The van der Waals surface area contributed by atoms with E-state index in [1.165, 1.54) is 6.42 Å². The Morgan fingerprint density at radius 2 is 2.06 bits per heavy atom. The fourth-order valence-corrected chi connectivity index (χ4v) is 2.97. The molecule has 3 atom stereocenters. The Morgan fingerprint density at radius 1 is 1.33 bits per heavy atom. The first kappa shape index (κ1) is 13.3. The van der Waals surface area contributed by atoms with Crippen molar-refractivity contribution in [1.29, 1.82) is 0 Å². The van der Waals surface area contributed by atoms with Gasteiger partial charge in [-0.05, 0) is 38.2 Å². The van der Waals surface area contributed by atoms with Crippen LogP contribution in [0.4, 0.5) is 5.82 Å². The molecule has 1 aromatic heterocycles. The van der Waals surface area contributed by atoms with E-state index in [0.717, 1.165) is 29.5 Å². The Morgan fingerprint density at radius 3 is 2.72 bits per heavy atom. The average molecular weight is 247 g/mol. The Balaban J connectivity index is 2.37. The summed E-state index contributed by atoms with van der Waals surface area (Å²) in [5, 5.41) is 0. The summed E-state index contributed by atoms with van der Waals surface area (Å²) in [5.74, 6) is 2.54. The number of hydrogen-bond donors (Lipinski definition) is 1. The first-order valence-corrected chi connectivity index (χ1v) is 6.96. The summed E-state index contributed by atoms with van der Waals surface area (Å²) in [7, 11) is 0. The van der Waals surface area contributed by atoms with Gasteiger partial charge in [-0.2, -0.15) is 0 Å². The van der Waals surface area contributed by atoms with E-state index >= 15 is 0 Å². The van der Waals surface area contributed by atoms with Crippen LogP contribution in [0.5, 0.6) is 0 Å². The second kappa shape index (κ2) is 5.27. The van der Waals surface area contributed by atoms with Crippen LogP contribution in [-0.4, -0.2) is 17.6 Å². The quantitative estimate of drug-likeness (QED) is 0.873. The number of hydrogen-bond acceptors (Lipinski definition) is 3. The molecule has 0 radical (unpaired) electrons. The number of anilines is 1. The molecule has 1 aromatic rings. The lowest BCUT2D eigenvalue weighted by Crippen LogP contribution is -2.46. The number of rotatable bonds is 2. The van der Waals surface area contributed by atoms with Gasteiger partial charge in [0.05, 0.1) is 0 Å². The minimum Gasteiger partial charge on any atom is -0.353 e. The van der Waals surface area contributed by atoms with Crippen molar-refractivity contribution in [3.63, 3.8) is 0 Å². The maximum absolute atomic E-state index is 5.86.